The van der Waals surface area contributed by atoms with Crippen molar-refractivity contribution in [3.8, 4) is 0 Å². The molecule has 0 bridgehead atoms. The molecule has 0 aliphatic carbocycles. The highest BCUT2D eigenvalue weighted by Crippen LogP contribution is 2.19. The quantitative estimate of drug-likeness (QED) is 0.825. The summed E-state index contributed by atoms with van der Waals surface area (Å²) in [5.74, 6) is 0. The molecule has 1 heterocycles. The lowest BCUT2D eigenvalue weighted by atomic mass is 10.0. The van der Waals surface area contributed by atoms with E-state index in [1.165, 1.54) is 16.7 Å². The second-order valence-electron chi connectivity index (χ2n) is 4.70. The maximum atomic E-state index is 5.76. The summed E-state index contributed by atoms with van der Waals surface area (Å²) in [5.41, 5.74) is 3.66. The Kier molecular flexibility index (Phi) is 3.95. The van der Waals surface area contributed by atoms with Gasteiger partial charge in [0.25, 0.3) is 0 Å². The van der Waals surface area contributed by atoms with Gasteiger partial charge in [-0.05, 0) is 22.8 Å². The first-order valence-electron chi connectivity index (χ1n) is 6.79. The second-order valence-corrected chi connectivity index (χ2v) is 4.70. The fraction of sp³-hybridized carbons (Fsp3) is 0.111. The van der Waals surface area contributed by atoms with Crippen molar-refractivity contribution in [1.82, 2.24) is 5.06 Å². The van der Waals surface area contributed by atoms with Gasteiger partial charge in [-0.3, -0.25) is 9.90 Å². The van der Waals surface area contributed by atoms with Crippen molar-refractivity contribution in [2.24, 2.45) is 0 Å². The van der Waals surface area contributed by atoms with E-state index in [0.717, 1.165) is 6.54 Å². The van der Waals surface area contributed by atoms with Crippen LogP contribution in [0.3, 0.4) is 0 Å². The fourth-order valence-corrected chi connectivity index (χ4v) is 2.15. The van der Waals surface area contributed by atoms with Crippen LogP contribution in [0.1, 0.15) is 11.1 Å². The third kappa shape index (κ3) is 3.16. The average Bonchev–Trinajstić information content (AvgIpc) is 2.55. The van der Waals surface area contributed by atoms with E-state index in [9.17, 15) is 0 Å². The lowest BCUT2D eigenvalue weighted by Crippen LogP contribution is -2.20. The van der Waals surface area contributed by atoms with Crippen molar-refractivity contribution in [1.29, 1.82) is 0 Å². The fourth-order valence-electron chi connectivity index (χ4n) is 2.15. The zero-order valence-electron chi connectivity index (χ0n) is 11.3. The molecule has 2 nitrogen and oxygen atoms in total. The molecule has 100 valence electrons. The Morgan fingerprint density at radius 1 is 0.900 bits per heavy atom. The highest BCUT2D eigenvalue weighted by molar-refractivity contribution is 5.74. The van der Waals surface area contributed by atoms with Crippen LogP contribution in [0.2, 0.25) is 0 Å². The molecule has 2 aromatic carbocycles. The molecule has 0 saturated carbocycles. The highest BCUT2D eigenvalue weighted by Gasteiger charge is 2.06. The maximum absolute atomic E-state index is 5.76. The van der Waals surface area contributed by atoms with E-state index in [0.29, 0.717) is 6.61 Å². The topological polar surface area (TPSA) is 12.5 Å². The molecule has 0 spiro atoms. The van der Waals surface area contributed by atoms with Gasteiger partial charge >= 0.3 is 0 Å². The van der Waals surface area contributed by atoms with E-state index in [1.54, 1.807) is 0 Å². The standard InChI is InChI=1S/C18H17NO/c1-3-7-16(8-4-1)15-20-19-13-11-18(12-14-19)17-9-5-2-6-10-17/h1-13H,14-15H2. The smallest absolute Gasteiger partial charge is 0.0999 e. The molecule has 20 heavy (non-hydrogen) atoms. The summed E-state index contributed by atoms with van der Waals surface area (Å²) in [6.45, 7) is 1.37. The zero-order chi connectivity index (χ0) is 13.6. The lowest BCUT2D eigenvalue weighted by Gasteiger charge is -2.22. The summed E-state index contributed by atoms with van der Waals surface area (Å²) in [4.78, 5) is 5.76. The van der Waals surface area contributed by atoms with Crippen molar-refractivity contribution < 1.29 is 4.84 Å². The zero-order valence-corrected chi connectivity index (χ0v) is 11.3. The summed E-state index contributed by atoms with van der Waals surface area (Å²) in [5, 5.41) is 1.86. The van der Waals surface area contributed by atoms with Gasteiger partial charge in [0.2, 0.25) is 0 Å². The van der Waals surface area contributed by atoms with Gasteiger partial charge in [-0.15, -0.1) is 0 Å². The number of allylic oxidation sites excluding steroid dienone is 2. The van der Waals surface area contributed by atoms with Crippen LogP contribution in [-0.2, 0) is 11.4 Å². The van der Waals surface area contributed by atoms with E-state index in [1.807, 2.05) is 35.5 Å². The van der Waals surface area contributed by atoms with Gasteiger partial charge in [-0.25, -0.2) is 0 Å². The van der Waals surface area contributed by atoms with Crippen LogP contribution in [0.25, 0.3) is 5.57 Å². The number of hydrogen-bond acceptors (Lipinski definition) is 2. The van der Waals surface area contributed by atoms with E-state index >= 15 is 0 Å². The molecule has 0 aromatic heterocycles. The van der Waals surface area contributed by atoms with Gasteiger partial charge in [-0.2, -0.15) is 0 Å². The van der Waals surface area contributed by atoms with Gasteiger partial charge in [0.1, 0.15) is 0 Å². The van der Waals surface area contributed by atoms with E-state index in [-0.39, 0.29) is 0 Å². The maximum Gasteiger partial charge on any atom is 0.0999 e. The molecule has 2 aromatic rings. The van der Waals surface area contributed by atoms with Gasteiger partial charge < -0.3 is 0 Å². The van der Waals surface area contributed by atoms with E-state index in [2.05, 4.69) is 48.6 Å². The Morgan fingerprint density at radius 3 is 2.25 bits per heavy atom. The molecule has 0 atom stereocenters. The molecular weight excluding hydrogens is 246 g/mol. The average molecular weight is 263 g/mol. The molecule has 0 radical (unpaired) electrons. The molecule has 0 unspecified atom stereocenters. The molecule has 3 rings (SSSR count). The minimum atomic E-state index is 0.597. The molecule has 1 aliphatic heterocycles. The van der Waals surface area contributed by atoms with Crippen LogP contribution in [0.4, 0.5) is 0 Å². The number of hydrogen-bond donors (Lipinski definition) is 0. The lowest BCUT2D eigenvalue weighted by molar-refractivity contribution is -0.124. The van der Waals surface area contributed by atoms with E-state index in [4.69, 9.17) is 4.84 Å². The predicted molar refractivity (Wildman–Crippen MR) is 81.5 cm³/mol. The third-order valence-corrected chi connectivity index (χ3v) is 3.26. The van der Waals surface area contributed by atoms with Crippen LogP contribution in [-0.4, -0.2) is 11.6 Å². The van der Waals surface area contributed by atoms with Crippen molar-refractivity contribution in [3.63, 3.8) is 0 Å². The molecule has 0 N–H and O–H groups in total. The largest absolute Gasteiger partial charge is 0.269 e. The molecular formula is C18H17NO. The normalized spacial score (nSPS) is 14.2. The third-order valence-electron chi connectivity index (χ3n) is 3.26. The van der Waals surface area contributed by atoms with Crippen LogP contribution < -0.4 is 0 Å². The first kappa shape index (κ1) is 12.7. The summed E-state index contributed by atoms with van der Waals surface area (Å²) >= 11 is 0. The van der Waals surface area contributed by atoms with Crippen LogP contribution in [0.5, 0.6) is 0 Å². The van der Waals surface area contributed by atoms with Gasteiger partial charge in [-0.1, -0.05) is 66.7 Å². The van der Waals surface area contributed by atoms with Crippen molar-refractivity contribution in [2.45, 2.75) is 6.61 Å². The summed E-state index contributed by atoms with van der Waals surface area (Å²) in [6, 6.07) is 20.6. The van der Waals surface area contributed by atoms with Gasteiger partial charge in [0.15, 0.2) is 0 Å². The minimum Gasteiger partial charge on any atom is -0.269 e. The molecule has 0 saturated heterocycles. The predicted octanol–water partition coefficient (Wildman–Crippen LogP) is 4.03. The summed E-state index contributed by atoms with van der Waals surface area (Å²) in [6.07, 6.45) is 6.26. The van der Waals surface area contributed by atoms with Crippen molar-refractivity contribution in [3.05, 3.63) is 90.1 Å². The first-order chi connectivity index (χ1) is 9.92. The number of nitrogens with zero attached hydrogens (tertiary/aromatic N) is 1. The van der Waals surface area contributed by atoms with Crippen molar-refractivity contribution >= 4 is 5.57 Å². The Hall–Kier alpha value is -2.32. The van der Waals surface area contributed by atoms with Gasteiger partial charge in [0.05, 0.1) is 13.2 Å². The summed E-state index contributed by atoms with van der Waals surface area (Å²) < 4.78 is 0. The first-order valence-corrected chi connectivity index (χ1v) is 6.79. The summed E-state index contributed by atoms with van der Waals surface area (Å²) in [7, 11) is 0. The number of benzene rings is 2. The Balaban J connectivity index is 1.56. The Bertz CT molecular complexity index is 602. The van der Waals surface area contributed by atoms with Crippen LogP contribution in [0, 0.1) is 0 Å². The molecule has 0 fully saturated rings. The van der Waals surface area contributed by atoms with Crippen molar-refractivity contribution in [2.75, 3.05) is 6.54 Å². The van der Waals surface area contributed by atoms with Crippen LogP contribution in [0.15, 0.2) is 79.0 Å². The monoisotopic (exact) mass is 263 g/mol. The van der Waals surface area contributed by atoms with Gasteiger partial charge in [0, 0.05) is 6.20 Å². The van der Waals surface area contributed by atoms with E-state index < -0.39 is 0 Å². The Morgan fingerprint density at radius 2 is 1.60 bits per heavy atom. The molecule has 2 heteroatoms. The Labute approximate surface area is 119 Å². The molecule has 1 aliphatic rings. The molecule has 0 amide bonds. The number of hydroxylamine groups is 2. The van der Waals surface area contributed by atoms with Crippen LogP contribution >= 0.6 is 0 Å². The second kappa shape index (κ2) is 6.22. The minimum absolute atomic E-state index is 0.597. The number of rotatable bonds is 4. The highest BCUT2D eigenvalue weighted by atomic mass is 16.7. The SMILES string of the molecule is C1=CN(OCc2ccccc2)CC=C1c1ccccc1.